The van der Waals surface area contributed by atoms with E-state index in [1.54, 1.807) is 19.4 Å². The molecule has 1 aliphatic heterocycles. The highest BCUT2D eigenvalue weighted by molar-refractivity contribution is 14.1. The molecule has 1 heterocycles. The van der Waals surface area contributed by atoms with Gasteiger partial charge in [0.25, 0.3) is 11.8 Å². The Morgan fingerprint density at radius 1 is 1.09 bits per heavy atom. The third kappa shape index (κ3) is 3.55. The maximum absolute atomic E-state index is 13.1. The van der Waals surface area contributed by atoms with Crippen LogP contribution < -0.4 is 9.47 Å². The molecule has 0 radical (unpaired) electrons. The minimum atomic E-state index is -0.248. The number of benzene rings is 2. The molecule has 0 N–H and O–H groups in total. The molecule has 5 aliphatic rings. The van der Waals surface area contributed by atoms with Gasteiger partial charge in [-0.2, -0.15) is 10.1 Å². The molecular weight excluding hydrogens is 567 g/mol. The zero-order chi connectivity index (χ0) is 23.6. The minimum Gasteiger partial charge on any atom is -0.493 e. The Hall–Kier alpha value is -2.39. The van der Waals surface area contributed by atoms with Crippen LogP contribution in [0.5, 0.6) is 11.5 Å². The van der Waals surface area contributed by atoms with E-state index in [0.29, 0.717) is 35.0 Å². The van der Waals surface area contributed by atoms with Gasteiger partial charge in [-0.15, -0.1) is 0 Å². The second kappa shape index (κ2) is 8.37. The molecule has 34 heavy (non-hydrogen) atoms. The van der Waals surface area contributed by atoms with E-state index < -0.39 is 0 Å². The lowest BCUT2D eigenvalue weighted by Gasteiger charge is -2.37. The summed E-state index contributed by atoms with van der Waals surface area (Å²) in [6, 6.07) is 11.2. The SMILES string of the molecule is COc1cc(/C=N\N2C(=O)[C@@H]3[C@H]4C=C[C@@H]([C@@H]5C[C@H]45)[C@@H]3C2=O)cc(I)c1OCc1ccc(Cl)cc1. The molecular formula is C26H22ClIN2O4. The van der Waals surface area contributed by atoms with Crippen molar-refractivity contribution in [3.05, 3.63) is 68.3 Å². The first-order valence-corrected chi connectivity index (χ1v) is 12.8. The lowest BCUT2D eigenvalue weighted by atomic mass is 9.63. The van der Waals surface area contributed by atoms with Crippen LogP contribution in [0.25, 0.3) is 0 Å². The van der Waals surface area contributed by atoms with Gasteiger partial charge >= 0.3 is 0 Å². The second-order valence-corrected chi connectivity index (χ2v) is 10.9. The first kappa shape index (κ1) is 22.1. The lowest BCUT2D eigenvalue weighted by molar-refractivity contribution is -0.140. The smallest absolute Gasteiger partial charge is 0.254 e. The second-order valence-electron chi connectivity index (χ2n) is 9.34. The van der Waals surface area contributed by atoms with Crippen LogP contribution in [0.3, 0.4) is 0 Å². The molecule has 174 valence electrons. The molecule has 1 saturated heterocycles. The highest BCUT2D eigenvalue weighted by Gasteiger charge is 2.67. The standard InChI is InChI=1S/C26H22ClIN2O4/c1-33-21-9-14(8-20(28)24(21)34-12-13-2-4-15(27)5-3-13)11-29-30-25(31)22-16-6-7-17(19-10-18(16)19)23(22)26(30)32/h2-9,11,16-19,22-23H,10,12H2,1H3/b29-11-/t16-,17-,18-,19+,22-,23+/m0/s1. The number of rotatable bonds is 6. The number of hydrogen-bond donors (Lipinski definition) is 0. The van der Waals surface area contributed by atoms with Crippen LogP contribution in [0.15, 0.2) is 53.7 Å². The fourth-order valence-electron chi connectivity index (χ4n) is 5.87. The molecule has 8 heteroatoms. The molecule has 0 aromatic heterocycles. The van der Waals surface area contributed by atoms with Crippen LogP contribution in [0.4, 0.5) is 0 Å². The van der Waals surface area contributed by atoms with E-state index in [9.17, 15) is 9.59 Å². The number of allylic oxidation sites excluding steroid dienone is 2. The number of carbonyl (C=O) groups excluding carboxylic acids is 2. The van der Waals surface area contributed by atoms with Gasteiger partial charge in [-0.25, -0.2) is 0 Å². The van der Waals surface area contributed by atoms with Crippen molar-refractivity contribution in [2.75, 3.05) is 7.11 Å². The van der Waals surface area contributed by atoms with E-state index in [0.717, 1.165) is 26.1 Å². The highest BCUT2D eigenvalue weighted by Crippen LogP contribution is 2.65. The summed E-state index contributed by atoms with van der Waals surface area (Å²) in [5, 5.41) is 6.10. The average molecular weight is 589 g/mol. The van der Waals surface area contributed by atoms with Crippen LogP contribution in [-0.4, -0.2) is 30.1 Å². The van der Waals surface area contributed by atoms with Gasteiger partial charge in [0.1, 0.15) is 6.61 Å². The molecule has 6 atom stereocenters. The summed E-state index contributed by atoms with van der Waals surface area (Å²) in [5.74, 6) is 1.87. The van der Waals surface area contributed by atoms with Crippen LogP contribution in [0, 0.1) is 39.1 Å². The van der Waals surface area contributed by atoms with E-state index in [1.807, 2.05) is 30.3 Å². The molecule has 4 aliphatic carbocycles. The number of ether oxygens (including phenoxy) is 2. The predicted octanol–water partition coefficient (Wildman–Crippen LogP) is 4.92. The fourth-order valence-corrected chi connectivity index (χ4v) is 6.78. The van der Waals surface area contributed by atoms with Crippen molar-refractivity contribution in [1.82, 2.24) is 5.01 Å². The Kier molecular flexibility index (Phi) is 5.44. The van der Waals surface area contributed by atoms with E-state index in [1.165, 1.54) is 0 Å². The van der Waals surface area contributed by atoms with E-state index in [-0.39, 0.29) is 35.5 Å². The van der Waals surface area contributed by atoms with E-state index >= 15 is 0 Å². The number of nitrogens with zero attached hydrogens (tertiary/aromatic N) is 2. The van der Waals surface area contributed by atoms with Gasteiger partial charge in [0.2, 0.25) is 0 Å². The number of imide groups is 1. The molecule has 0 spiro atoms. The summed E-state index contributed by atoms with van der Waals surface area (Å²) >= 11 is 8.14. The van der Waals surface area contributed by atoms with Gasteiger partial charge in [0.15, 0.2) is 11.5 Å². The monoisotopic (exact) mass is 588 g/mol. The number of methoxy groups -OCH3 is 1. The number of halogens is 2. The van der Waals surface area contributed by atoms with Crippen LogP contribution in [0.2, 0.25) is 5.02 Å². The Morgan fingerprint density at radius 3 is 2.35 bits per heavy atom. The quantitative estimate of drug-likeness (QED) is 0.208. The largest absolute Gasteiger partial charge is 0.493 e. The van der Waals surface area contributed by atoms with Gasteiger partial charge in [-0.05, 0) is 88.1 Å². The first-order valence-electron chi connectivity index (χ1n) is 11.3. The summed E-state index contributed by atoms with van der Waals surface area (Å²) < 4.78 is 12.4. The Balaban J connectivity index is 1.20. The first-order chi connectivity index (χ1) is 16.5. The van der Waals surface area contributed by atoms with Crippen LogP contribution in [0.1, 0.15) is 17.5 Å². The lowest BCUT2D eigenvalue weighted by Crippen LogP contribution is -2.40. The Morgan fingerprint density at radius 2 is 1.74 bits per heavy atom. The third-order valence-corrected chi connectivity index (χ3v) is 8.56. The zero-order valence-electron chi connectivity index (χ0n) is 18.4. The summed E-state index contributed by atoms with van der Waals surface area (Å²) in [7, 11) is 1.58. The maximum atomic E-state index is 13.1. The molecule has 2 amide bonds. The van der Waals surface area contributed by atoms with Gasteiger partial charge in [-0.3, -0.25) is 9.59 Å². The summed E-state index contributed by atoms with van der Waals surface area (Å²) in [6.45, 7) is 0.370. The molecule has 2 aromatic carbocycles. The average Bonchev–Trinajstić information content (AvgIpc) is 3.62. The number of hydrazone groups is 1. The predicted molar refractivity (Wildman–Crippen MR) is 136 cm³/mol. The molecule has 7 rings (SSSR count). The molecule has 3 fully saturated rings. The van der Waals surface area contributed by atoms with Crippen molar-refractivity contribution < 1.29 is 19.1 Å². The Labute approximate surface area is 216 Å². The topological polar surface area (TPSA) is 68.2 Å². The van der Waals surface area contributed by atoms with Crippen LogP contribution in [-0.2, 0) is 16.2 Å². The zero-order valence-corrected chi connectivity index (χ0v) is 21.3. The van der Waals surface area contributed by atoms with Gasteiger partial charge in [0.05, 0.1) is 28.7 Å². The molecule has 2 saturated carbocycles. The number of amides is 2. The van der Waals surface area contributed by atoms with Gasteiger partial charge < -0.3 is 9.47 Å². The number of hydrogen-bond acceptors (Lipinski definition) is 5. The van der Waals surface area contributed by atoms with Crippen molar-refractivity contribution >= 4 is 52.2 Å². The van der Waals surface area contributed by atoms with Gasteiger partial charge in [0, 0.05) is 5.02 Å². The fraction of sp³-hybridized carbons (Fsp3) is 0.346. The molecule has 0 unspecified atom stereocenters. The number of carbonyl (C=O) groups is 2. The maximum Gasteiger partial charge on any atom is 0.254 e. The molecule has 2 bridgehead atoms. The third-order valence-electron chi connectivity index (χ3n) is 7.51. The minimum absolute atomic E-state index is 0.166. The molecule has 2 aromatic rings. The summed E-state index contributed by atoms with van der Waals surface area (Å²) in [5.41, 5.74) is 1.71. The van der Waals surface area contributed by atoms with Crippen molar-refractivity contribution in [3.8, 4) is 11.5 Å². The summed E-state index contributed by atoms with van der Waals surface area (Å²) in [6.07, 6.45) is 7.02. The van der Waals surface area contributed by atoms with Crippen molar-refractivity contribution in [2.24, 2.45) is 40.6 Å². The highest BCUT2D eigenvalue weighted by atomic mass is 127. The Bertz CT molecular complexity index is 1210. The van der Waals surface area contributed by atoms with Gasteiger partial charge in [-0.1, -0.05) is 35.9 Å². The van der Waals surface area contributed by atoms with E-state index in [2.05, 4.69) is 39.8 Å². The van der Waals surface area contributed by atoms with Crippen LogP contribution >= 0.6 is 34.2 Å². The van der Waals surface area contributed by atoms with Crippen molar-refractivity contribution in [3.63, 3.8) is 0 Å². The summed E-state index contributed by atoms with van der Waals surface area (Å²) in [4.78, 5) is 26.2. The normalized spacial score (nSPS) is 30.6. The molecule has 6 nitrogen and oxygen atoms in total. The van der Waals surface area contributed by atoms with Crippen molar-refractivity contribution in [1.29, 1.82) is 0 Å². The van der Waals surface area contributed by atoms with E-state index in [4.69, 9.17) is 21.1 Å². The van der Waals surface area contributed by atoms with Crippen molar-refractivity contribution in [2.45, 2.75) is 13.0 Å².